The molecule has 0 atom stereocenters. The van der Waals surface area contributed by atoms with Crippen LogP contribution >= 0.6 is 0 Å². The molecule has 6 heteroatoms. The van der Waals surface area contributed by atoms with Gasteiger partial charge in [0, 0.05) is 5.56 Å². The minimum absolute atomic E-state index is 0.109. The Bertz CT molecular complexity index is 992. The third-order valence-electron chi connectivity index (χ3n) is 4.66. The Labute approximate surface area is 181 Å². The average molecular weight is 421 g/mol. The molecule has 1 heterocycles. The number of hydrogen-bond acceptors (Lipinski definition) is 6. The number of nitrogens with zero attached hydrogens (tertiary/aromatic N) is 1. The van der Waals surface area contributed by atoms with E-state index in [-0.39, 0.29) is 18.8 Å². The zero-order valence-electron chi connectivity index (χ0n) is 17.9. The summed E-state index contributed by atoms with van der Waals surface area (Å²) in [5.74, 6) is -0.828. The van der Waals surface area contributed by atoms with Crippen LogP contribution in [0.4, 0.5) is 0 Å². The number of para-hydroxylation sites is 2. The largest absolute Gasteiger partial charge is 0.462 e. The molecule has 2 aromatic carbocycles. The highest BCUT2D eigenvalue weighted by Gasteiger charge is 2.21. The fourth-order valence-corrected chi connectivity index (χ4v) is 2.86. The maximum Gasteiger partial charge on any atom is 0.345 e. The molecule has 3 rings (SSSR count). The number of oxazole rings is 1. The third kappa shape index (κ3) is 6.04. The van der Waals surface area contributed by atoms with Crippen molar-refractivity contribution in [3.8, 4) is 11.5 Å². The van der Waals surface area contributed by atoms with Crippen LogP contribution in [0, 0.1) is 0 Å². The van der Waals surface area contributed by atoms with E-state index in [9.17, 15) is 9.59 Å². The molecule has 31 heavy (non-hydrogen) atoms. The number of carbonyl (C=O) groups excluding carboxylic acids is 2. The number of ether oxygens (including phenoxy) is 2. The predicted molar refractivity (Wildman–Crippen MR) is 119 cm³/mol. The minimum atomic E-state index is -0.669. The number of benzene rings is 2. The number of carbonyl (C=O) groups is 2. The van der Waals surface area contributed by atoms with Crippen LogP contribution in [-0.2, 0) is 19.1 Å². The predicted octanol–water partition coefficient (Wildman–Crippen LogP) is 5.56. The smallest absolute Gasteiger partial charge is 0.345 e. The maximum atomic E-state index is 12.5. The number of aromatic nitrogens is 1. The highest BCUT2D eigenvalue weighted by atomic mass is 16.6. The van der Waals surface area contributed by atoms with E-state index in [2.05, 4.69) is 4.98 Å². The first kappa shape index (κ1) is 22.3. The van der Waals surface area contributed by atoms with Gasteiger partial charge in [0.2, 0.25) is 5.89 Å². The molecule has 0 spiro atoms. The van der Waals surface area contributed by atoms with Gasteiger partial charge in [-0.15, -0.1) is 0 Å². The maximum absolute atomic E-state index is 12.5. The van der Waals surface area contributed by atoms with Crippen LogP contribution < -0.4 is 0 Å². The van der Waals surface area contributed by atoms with Crippen LogP contribution in [0.15, 0.2) is 58.5 Å². The molecule has 0 aliphatic heterocycles. The molecule has 6 nitrogen and oxygen atoms in total. The molecule has 0 aliphatic rings. The van der Waals surface area contributed by atoms with Crippen molar-refractivity contribution in [1.29, 1.82) is 0 Å². The van der Waals surface area contributed by atoms with Crippen LogP contribution in [0.3, 0.4) is 0 Å². The second kappa shape index (κ2) is 11.1. The Balaban J connectivity index is 1.80. The summed E-state index contributed by atoms with van der Waals surface area (Å²) >= 11 is 0. The van der Waals surface area contributed by atoms with Gasteiger partial charge in [0.25, 0.3) is 0 Å². The fraction of sp³-hybridized carbons (Fsp3) is 0.320. The molecule has 162 valence electrons. The summed E-state index contributed by atoms with van der Waals surface area (Å²) in [6, 6.07) is 14.8. The Morgan fingerprint density at radius 1 is 0.903 bits per heavy atom. The van der Waals surface area contributed by atoms with Crippen molar-refractivity contribution in [2.75, 3.05) is 13.2 Å². The monoisotopic (exact) mass is 421 g/mol. The average Bonchev–Trinajstić information content (AvgIpc) is 3.22. The van der Waals surface area contributed by atoms with E-state index in [1.807, 2.05) is 50.2 Å². The lowest BCUT2D eigenvalue weighted by Gasteiger charge is -2.09. The molecule has 0 aliphatic carbocycles. The number of rotatable bonds is 10. The summed E-state index contributed by atoms with van der Waals surface area (Å²) < 4.78 is 16.3. The van der Waals surface area contributed by atoms with E-state index < -0.39 is 11.9 Å². The van der Waals surface area contributed by atoms with Crippen molar-refractivity contribution in [1.82, 2.24) is 4.98 Å². The van der Waals surface area contributed by atoms with Gasteiger partial charge >= 0.3 is 11.9 Å². The zero-order chi connectivity index (χ0) is 22.1. The van der Waals surface area contributed by atoms with E-state index in [0.29, 0.717) is 17.0 Å². The van der Waals surface area contributed by atoms with Crippen molar-refractivity contribution >= 4 is 29.1 Å². The topological polar surface area (TPSA) is 78.6 Å². The molecule has 0 saturated heterocycles. The number of hydrogen-bond donors (Lipinski definition) is 0. The van der Waals surface area contributed by atoms with Gasteiger partial charge in [-0.2, -0.15) is 0 Å². The van der Waals surface area contributed by atoms with Crippen molar-refractivity contribution in [2.45, 2.75) is 39.5 Å². The first-order valence-electron chi connectivity index (χ1n) is 10.6. The van der Waals surface area contributed by atoms with E-state index in [0.717, 1.165) is 36.8 Å². The summed E-state index contributed by atoms with van der Waals surface area (Å²) in [4.78, 5) is 29.4. The molecule has 0 amide bonds. The normalized spacial score (nSPS) is 10.6. The van der Waals surface area contributed by atoms with E-state index in [1.54, 1.807) is 12.1 Å². The van der Waals surface area contributed by atoms with Gasteiger partial charge in [-0.25, -0.2) is 14.6 Å². The molecule has 0 bridgehead atoms. The van der Waals surface area contributed by atoms with Gasteiger partial charge in [-0.3, -0.25) is 0 Å². The lowest BCUT2D eigenvalue weighted by atomic mass is 10.1. The van der Waals surface area contributed by atoms with Gasteiger partial charge in [0.1, 0.15) is 11.1 Å². The first-order chi connectivity index (χ1) is 15.1. The van der Waals surface area contributed by atoms with Gasteiger partial charge in [0.15, 0.2) is 5.58 Å². The molecule has 0 unspecified atom stereocenters. The Morgan fingerprint density at radius 2 is 1.52 bits per heavy atom. The lowest BCUT2D eigenvalue weighted by molar-refractivity contribution is -0.147. The lowest BCUT2D eigenvalue weighted by Crippen LogP contribution is -2.19. The summed E-state index contributed by atoms with van der Waals surface area (Å²) in [5.41, 5.74) is 2.87. The highest BCUT2D eigenvalue weighted by Crippen LogP contribution is 2.25. The van der Waals surface area contributed by atoms with Crippen molar-refractivity contribution in [3.05, 3.63) is 59.7 Å². The van der Waals surface area contributed by atoms with Crippen LogP contribution in [0.2, 0.25) is 0 Å². The van der Waals surface area contributed by atoms with Crippen molar-refractivity contribution < 1.29 is 23.5 Å². The quantitative estimate of drug-likeness (QED) is 0.140. The molecule has 3 aromatic rings. The third-order valence-corrected chi connectivity index (χ3v) is 4.66. The molecule has 0 saturated carbocycles. The van der Waals surface area contributed by atoms with Crippen LogP contribution in [0.1, 0.15) is 45.1 Å². The second-order valence-corrected chi connectivity index (χ2v) is 7.15. The van der Waals surface area contributed by atoms with Crippen molar-refractivity contribution in [3.63, 3.8) is 0 Å². The summed E-state index contributed by atoms with van der Waals surface area (Å²) in [5, 5.41) is 0. The zero-order valence-corrected chi connectivity index (χ0v) is 17.9. The minimum Gasteiger partial charge on any atom is -0.462 e. The van der Waals surface area contributed by atoms with Crippen LogP contribution in [0.25, 0.3) is 28.6 Å². The SMILES string of the molecule is CCCCOC(=O)C(=Cc1ccc(-c2nc3ccccc3o2)cc1)C(=O)OCCCC. The molecule has 1 aromatic heterocycles. The standard InChI is InChI=1S/C25H27NO5/c1-3-5-15-29-24(27)20(25(28)30-16-6-4-2)17-18-11-13-19(14-12-18)23-26-21-9-7-8-10-22(21)31-23/h7-14,17H,3-6,15-16H2,1-2H3. The Kier molecular flexibility index (Phi) is 7.98. The fourth-order valence-electron chi connectivity index (χ4n) is 2.86. The number of unbranched alkanes of at least 4 members (excludes halogenated alkanes) is 2. The molecular formula is C25H27NO5. The molecular weight excluding hydrogens is 394 g/mol. The van der Waals surface area contributed by atoms with Gasteiger partial charge < -0.3 is 13.9 Å². The molecule has 0 N–H and O–H groups in total. The number of fused-ring (bicyclic) bond motifs is 1. The first-order valence-corrected chi connectivity index (χ1v) is 10.6. The second-order valence-electron chi connectivity index (χ2n) is 7.15. The summed E-state index contributed by atoms with van der Waals surface area (Å²) in [6.07, 6.45) is 4.76. The Hall–Kier alpha value is -3.41. The van der Waals surface area contributed by atoms with Gasteiger partial charge in [0.05, 0.1) is 13.2 Å². The van der Waals surface area contributed by atoms with E-state index >= 15 is 0 Å². The van der Waals surface area contributed by atoms with E-state index in [4.69, 9.17) is 13.9 Å². The van der Waals surface area contributed by atoms with Gasteiger partial charge in [-0.1, -0.05) is 51.0 Å². The molecule has 0 radical (unpaired) electrons. The summed E-state index contributed by atoms with van der Waals surface area (Å²) in [6.45, 7) is 4.54. The van der Waals surface area contributed by atoms with Crippen LogP contribution in [0.5, 0.6) is 0 Å². The number of esters is 2. The highest BCUT2D eigenvalue weighted by molar-refractivity contribution is 6.17. The van der Waals surface area contributed by atoms with Crippen molar-refractivity contribution in [2.24, 2.45) is 0 Å². The summed E-state index contributed by atoms with van der Waals surface area (Å²) in [7, 11) is 0. The van der Waals surface area contributed by atoms with E-state index in [1.165, 1.54) is 6.08 Å². The van der Waals surface area contributed by atoms with Crippen LogP contribution in [-0.4, -0.2) is 30.1 Å². The van der Waals surface area contributed by atoms with Gasteiger partial charge in [-0.05, 0) is 48.7 Å². The Morgan fingerprint density at radius 3 is 2.10 bits per heavy atom. The molecule has 0 fully saturated rings.